The average molecular weight is 265 g/mol. The zero-order valence-corrected chi connectivity index (χ0v) is 12.0. The van der Waals surface area contributed by atoms with E-state index in [2.05, 4.69) is 4.98 Å². The van der Waals surface area contributed by atoms with Gasteiger partial charge in [0.05, 0.1) is 24.5 Å². The fourth-order valence-electron chi connectivity index (χ4n) is 2.36. The summed E-state index contributed by atoms with van der Waals surface area (Å²) in [6.07, 6.45) is 4.40. The van der Waals surface area contributed by atoms with Gasteiger partial charge in [-0.05, 0) is 32.4 Å². The van der Waals surface area contributed by atoms with Crippen LogP contribution in [0.2, 0.25) is 0 Å². The van der Waals surface area contributed by atoms with Crippen molar-refractivity contribution in [3.63, 3.8) is 0 Å². The molecule has 3 nitrogen and oxygen atoms in total. The minimum absolute atomic E-state index is 0.179. The van der Waals surface area contributed by atoms with Gasteiger partial charge in [-0.1, -0.05) is 0 Å². The smallest absolute Gasteiger partial charge is 0.151 e. The van der Waals surface area contributed by atoms with Gasteiger partial charge in [0.25, 0.3) is 0 Å². The number of carbonyl (C=O) groups excluding carboxylic acids is 1. The number of hydrogen-bond acceptors (Lipinski definition) is 4. The summed E-state index contributed by atoms with van der Waals surface area (Å²) >= 11 is 1.78. The summed E-state index contributed by atoms with van der Waals surface area (Å²) in [6, 6.07) is 0. The molecule has 0 aliphatic carbocycles. The predicted molar refractivity (Wildman–Crippen MR) is 74.5 cm³/mol. The summed E-state index contributed by atoms with van der Waals surface area (Å²) in [4.78, 5) is 16.5. The molecule has 0 bridgehead atoms. The molecule has 2 heterocycles. The molecule has 18 heavy (non-hydrogen) atoms. The van der Waals surface area contributed by atoms with Crippen LogP contribution >= 0.6 is 11.8 Å². The molecular weight excluding hydrogens is 246 g/mol. The number of ketones is 1. The molecule has 2 rings (SSSR count). The molecule has 1 aromatic heterocycles. The second-order valence-corrected chi connectivity index (χ2v) is 6.00. The van der Waals surface area contributed by atoms with Gasteiger partial charge in [-0.2, -0.15) is 11.8 Å². The lowest BCUT2D eigenvalue weighted by atomic mass is 10.0. The number of Topliss-reactive ketones (excluding diaryl/α,β-unsaturated/α-hetero) is 1. The van der Waals surface area contributed by atoms with E-state index in [-0.39, 0.29) is 5.25 Å². The maximum atomic E-state index is 12.1. The van der Waals surface area contributed by atoms with Crippen LogP contribution in [0.3, 0.4) is 0 Å². The second kappa shape index (κ2) is 5.74. The highest BCUT2D eigenvalue weighted by atomic mass is 32.2. The summed E-state index contributed by atoms with van der Waals surface area (Å²) in [6.45, 7) is 3.94. The second-order valence-electron chi connectivity index (χ2n) is 4.69. The number of carbonyl (C=O) groups is 1. The average Bonchev–Trinajstić information content (AvgIpc) is 2.87. The maximum absolute atomic E-state index is 12.1. The Balaban J connectivity index is 2.16. The lowest BCUT2D eigenvalue weighted by Gasteiger charge is -2.13. The summed E-state index contributed by atoms with van der Waals surface area (Å²) in [5.41, 5.74) is 2.87. The number of aryl methyl sites for hydroxylation is 1. The Morgan fingerprint density at radius 3 is 2.94 bits per heavy atom. The topological polar surface area (TPSA) is 39.2 Å². The lowest BCUT2D eigenvalue weighted by Crippen LogP contribution is -2.18. The van der Waals surface area contributed by atoms with Gasteiger partial charge < -0.3 is 4.74 Å². The third kappa shape index (κ3) is 2.69. The van der Waals surface area contributed by atoms with Crippen LogP contribution < -0.4 is 4.74 Å². The first-order valence-corrected chi connectivity index (χ1v) is 7.31. The molecule has 0 saturated carbocycles. The van der Waals surface area contributed by atoms with Gasteiger partial charge in [0.1, 0.15) is 5.75 Å². The highest BCUT2D eigenvalue weighted by molar-refractivity contribution is 8.00. The Hall–Kier alpha value is -1.03. The maximum Gasteiger partial charge on any atom is 0.151 e. The van der Waals surface area contributed by atoms with Crippen molar-refractivity contribution in [2.24, 2.45) is 0 Å². The molecule has 0 spiro atoms. The molecule has 0 amide bonds. The summed E-state index contributed by atoms with van der Waals surface area (Å²) in [5, 5.41) is 0.179. The van der Waals surface area contributed by atoms with E-state index in [0.29, 0.717) is 12.2 Å². The van der Waals surface area contributed by atoms with Crippen LogP contribution in [-0.2, 0) is 11.2 Å². The number of rotatable bonds is 4. The molecule has 98 valence electrons. The van der Waals surface area contributed by atoms with Crippen molar-refractivity contribution in [2.45, 2.75) is 38.4 Å². The van der Waals surface area contributed by atoms with Crippen molar-refractivity contribution in [2.75, 3.05) is 12.9 Å². The summed E-state index contributed by atoms with van der Waals surface area (Å²) in [7, 11) is 1.66. The Morgan fingerprint density at radius 1 is 1.56 bits per heavy atom. The zero-order valence-electron chi connectivity index (χ0n) is 11.2. The van der Waals surface area contributed by atoms with Crippen LogP contribution in [0, 0.1) is 13.8 Å². The molecule has 1 atom stereocenters. The predicted octanol–water partition coefficient (Wildman–Crippen LogP) is 2.71. The van der Waals surface area contributed by atoms with E-state index in [9.17, 15) is 4.79 Å². The molecular formula is C14H19NO2S. The van der Waals surface area contributed by atoms with E-state index < -0.39 is 0 Å². The summed E-state index contributed by atoms with van der Waals surface area (Å²) in [5.74, 6) is 2.27. The van der Waals surface area contributed by atoms with Crippen molar-refractivity contribution < 1.29 is 9.53 Å². The van der Waals surface area contributed by atoms with Gasteiger partial charge in [0.15, 0.2) is 5.78 Å². The molecule has 1 aliphatic rings. The Morgan fingerprint density at radius 2 is 2.33 bits per heavy atom. The first kappa shape index (κ1) is 13.4. The Labute approximate surface area is 112 Å². The number of pyridine rings is 1. The van der Waals surface area contributed by atoms with Crippen LogP contribution in [0.4, 0.5) is 0 Å². The molecule has 1 saturated heterocycles. The van der Waals surface area contributed by atoms with Crippen molar-refractivity contribution in [3.8, 4) is 5.75 Å². The van der Waals surface area contributed by atoms with Crippen LogP contribution in [0.5, 0.6) is 5.75 Å². The number of hydrogen-bond donors (Lipinski definition) is 0. The van der Waals surface area contributed by atoms with E-state index in [4.69, 9.17) is 4.74 Å². The highest BCUT2D eigenvalue weighted by Crippen LogP contribution is 2.29. The monoisotopic (exact) mass is 265 g/mol. The van der Waals surface area contributed by atoms with Crippen molar-refractivity contribution in [3.05, 3.63) is 23.0 Å². The first-order valence-electron chi connectivity index (χ1n) is 6.27. The van der Waals surface area contributed by atoms with Gasteiger partial charge >= 0.3 is 0 Å². The molecule has 1 fully saturated rings. The fraction of sp³-hybridized carbons (Fsp3) is 0.571. The summed E-state index contributed by atoms with van der Waals surface area (Å²) < 4.78 is 5.37. The van der Waals surface area contributed by atoms with Crippen LogP contribution in [-0.4, -0.2) is 28.9 Å². The third-order valence-corrected chi connectivity index (χ3v) is 4.81. The lowest BCUT2D eigenvalue weighted by molar-refractivity contribution is -0.118. The van der Waals surface area contributed by atoms with Crippen LogP contribution in [0.25, 0.3) is 0 Å². The normalized spacial score (nSPS) is 18.9. The zero-order chi connectivity index (χ0) is 13.1. The van der Waals surface area contributed by atoms with Crippen LogP contribution in [0.1, 0.15) is 29.7 Å². The van der Waals surface area contributed by atoms with Crippen molar-refractivity contribution in [1.82, 2.24) is 4.98 Å². The quantitative estimate of drug-likeness (QED) is 0.839. The molecule has 1 aliphatic heterocycles. The first-order chi connectivity index (χ1) is 8.63. The number of ether oxygens (including phenoxy) is 1. The minimum Gasteiger partial charge on any atom is -0.496 e. The molecule has 4 heteroatoms. The highest BCUT2D eigenvalue weighted by Gasteiger charge is 2.24. The van der Waals surface area contributed by atoms with Crippen molar-refractivity contribution >= 4 is 17.5 Å². The fourth-order valence-corrected chi connectivity index (χ4v) is 3.58. The standard InChI is InChI=1S/C14H19NO2S/c1-9-8-15-11(10(2)14(9)17-3)7-12(16)13-5-4-6-18-13/h8,13H,4-7H2,1-3H3. The number of methoxy groups -OCH3 is 1. The van der Waals surface area contributed by atoms with E-state index in [1.54, 1.807) is 25.1 Å². The third-order valence-electron chi connectivity index (χ3n) is 3.38. The molecule has 1 unspecified atom stereocenters. The molecule has 0 radical (unpaired) electrons. The van der Waals surface area contributed by atoms with Crippen LogP contribution in [0.15, 0.2) is 6.20 Å². The molecule has 0 N–H and O–H groups in total. The number of aromatic nitrogens is 1. The van der Waals surface area contributed by atoms with Crippen molar-refractivity contribution in [1.29, 1.82) is 0 Å². The van der Waals surface area contributed by atoms with Gasteiger partial charge in [-0.25, -0.2) is 0 Å². The molecule has 0 aromatic carbocycles. The van der Waals surface area contributed by atoms with E-state index >= 15 is 0 Å². The SMILES string of the molecule is COc1c(C)cnc(CC(=O)C2CCCS2)c1C. The largest absolute Gasteiger partial charge is 0.496 e. The Kier molecular flexibility index (Phi) is 4.27. The number of thioether (sulfide) groups is 1. The Bertz CT molecular complexity index is 453. The van der Waals surface area contributed by atoms with Gasteiger partial charge in [-0.3, -0.25) is 9.78 Å². The van der Waals surface area contributed by atoms with E-state index in [1.165, 1.54) is 0 Å². The molecule has 1 aromatic rings. The van der Waals surface area contributed by atoms with Gasteiger partial charge in [0, 0.05) is 17.3 Å². The number of nitrogens with zero attached hydrogens (tertiary/aromatic N) is 1. The van der Waals surface area contributed by atoms with E-state index in [1.807, 2.05) is 13.8 Å². The van der Waals surface area contributed by atoms with Gasteiger partial charge in [0.2, 0.25) is 0 Å². The van der Waals surface area contributed by atoms with Gasteiger partial charge in [-0.15, -0.1) is 0 Å². The van der Waals surface area contributed by atoms with E-state index in [0.717, 1.165) is 41.2 Å². The minimum atomic E-state index is 0.179.